The average Bonchev–Trinajstić information content (AvgIpc) is 2.96. The van der Waals surface area contributed by atoms with Gasteiger partial charge < -0.3 is 0 Å². The van der Waals surface area contributed by atoms with Crippen LogP contribution >= 0.6 is 0 Å². The Morgan fingerprint density at radius 3 is 1.56 bits per heavy atom. The third-order valence-electron chi connectivity index (χ3n) is 8.25. The molecule has 0 aromatic heterocycles. The molecule has 1 aliphatic carbocycles. The Kier molecular flexibility index (Phi) is 11.0. The van der Waals surface area contributed by atoms with Crippen LogP contribution in [0, 0.1) is 0 Å². The minimum Gasteiger partial charge on any atom is -0.298 e. The molecule has 232 valence electrons. The first kappa shape index (κ1) is 34.5. The number of sulfone groups is 2. The summed E-state index contributed by atoms with van der Waals surface area (Å²) in [7, 11) is -6.31. The number of rotatable bonds is 9. The van der Waals surface area contributed by atoms with Crippen molar-refractivity contribution in [2.24, 2.45) is 0 Å². The molecule has 5 nitrogen and oxygen atoms in total. The average molecular weight is 623 g/mol. The molecule has 0 saturated carbocycles. The Balaban J connectivity index is 0.000000303. The summed E-state index contributed by atoms with van der Waals surface area (Å²) in [5.74, 6) is 0.343. The number of hydrogen-bond acceptors (Lipinski definition) is 5. The van der Waals surface area contributed by atoms with Gasteiger partial charge >= 0.3 is 0 Å². The first-order valence-corrected chi connectivity index (χ1v) is 18.3. The van der Waals surface area contributed by atoms with Gasteiger partial charge in [0.15, 0.2) is 19.7 Å². The summed E-state index contributed by atoms with van der Waals surface area (Å²) in [6.07, 6.45) is 6.48. The number of aldehydes is 1. The highest BCUT2D eigenvalue weighted by Gasteiger charge is 2.36. The Morgan fingerprint density at radius 2 is 1.12 bits per heavy atom. The van der Waals surface area contributed by atoms with Crippen molar-refractivity contribution in [2.45, 2.75) is 94.8 Å². The summed E-state index contributed by atoms with van der Waals surface area (Å²) in [4.78, 5) is 11.0. The number of fused-ring (bicyclic) bond motifs is 1. The lowest BCUT2D eigenvalue weighted by atomic mass is 9.63. The van der Waals surface area contributed by atoms with E-state index in [4.69, 9.17) is 0 Å². The summed E-state index contributed by atoms with van der Waals surface area (Å²) >= 11 is 0. The minimum absolute atomic E-state index is 0.146. The molecule has 0 atom stereocenters. The third-order valence-corrected chi connectivity index (χ3v) is 12.1. The highest BCUT2D eigenvalue weighted by Crippen LogP contribution is 2.46. The first-order valence-electron chi connectivity index (χ1n) is 15.0. The molecule has 0 aliphatic heterocycles. The van der Waals surface area contributed by atoms with Crippen molar-refractivity contribution >= 4 is 37.6 Å². The molecule has 0 amide bonds. The van der Waals surface area contributed by atoms with Crippen LogP contribution in [0.4, 0.5) is 0 Å². The lowest BCUT2D eigenvalue weighted by Crippen LogP contribution is -2.33. The van der Waals surface area contributed by atoms with Crippen LogP contribution < -0.4 is 0 Å². The van der Waals surface area contributed by atoms with Gasteiger partial charge in [-0.3, -0.25) is 4.79 Å². The summed E-state index contributed by atoms with van der Waals surface area (Å²) in [6, 6.07) is 20.1. The van der Waals surface area contributed by atoms with E-state index in [1.807, 2.05) is 26.0 Å². The van der Waals surface area contributed by atoms with Crippen molar-refractivity contribution in [3.63, 3.8) is 0 Å². The number of benzene rings is 3. The Labute approximate surface area is 259 Å². The smallest absolute Gasteiger partial charge is 0.178 e. The van der Waals surface area contributed by atoms with Crippen LogP contribution in [0.3, 0.4) is 0 Å². The molecule has 0 N–H and O–H groups in total. The van der Waals surface area contributed by atoms with Crippen LogP contribution in [0.1, 0.15) is 107 Å². The fourth-order valence-electron chi connectivity index (χ4n) is 5.47. The van der Waals surface area contributed by atoms with Gasteiger partial charge in [0.1, 0.15) is 6.29 Å². The third kappa shape index (κ3) is 8.54. The molecule has 0 heterocycles. The van der Waals surface area contributed by atoms with Gasteiger partial charge in [0.25, 0.3) is 0 Å². The zero-order valence-corrected chi connectivity index (χ0v) is 28.2. The van der Waals surface area contributed by atoms with Crippen molar-refractivity contribution in [3.8, 4) is 0 Å². The Hall–Kier alpha value is -3.03. The van der Waals surface area contributed by atoms with Crippen LogP contribution in [-0.4, -0.2) is 34.6 Å². The second-order valence-corrected chi connectivity index (χ2v) is 17.0. The maximum atomic E-state index is 12.2. The lowest BCUT2D eigenvalue weighted by Gasteiger charge is -2.42. The van der Waals surface area contributed by atoms with Gasteiger partial charge in [0.2, 0.25) is 0 Å². The van der Waals surface area contributed by atoms with E-state index < -0.39 is 19.7 Å². The van der Waals surface area contributed by atoms with E-state index >= 15 is 0 Å². The second-order valence-electron chi connectivity index (χ2n) is 12.7. The van der Waals surface area contributed by atoms with E-state index in [1.54, 1.807) is 12.1 Å². The number of hydrogen-bond donors (Lipinski definition) is 0. The highest BCUT2D eigenvalue weighted by atomic mass is 32.2. The van der Waals surface area contributed by atoms with Crippen LogP contribution in [-0.2, 0) is 30.5 Å². The molecule has 0 saturated heterocycles. The molecule has 0 spiro atoms. The van der Waals surface area contributed by atoms with E-state index in [9.17, 15) is 21.6 Å². The van der Waals surface area contributed by atoms with Crippen molar-refractivity contribution < 1.29 is 21.6 Å². The van der Waals surface area contributed by atoms with Crippen molar-refractivity contribution in [1.82, 2.24) is 0 Å². The first-order chi connectivity index (χ1) is 20.1. The van der Waals surface area contributed by atoms with E-state index in [0.29, 0.717) is 29.6 Å². The van der Waals surface area contributed by atoms with Crippen molar-refractivity contribution in [2.75, 3.05) is 11.5 Å². The van der Waals surface area contributed by atoms with Gasteiger partial charge in [-0.05, 0) is 95.5 Å². The van der Waals surface area contributed by atoms with E-state index in [-0.39, 0.29) is 27.2 Å². The fraction of sp³-hybridized carbons (Fsp3) is 0.417. The van der Waals surface area contributed by atoms with E-state index in [1.165, 1.54) is 59.4 Å². The van der Waals surface area contributed by atoms with Gasteiger partial charge in [-0.25, -0.2) is 16.8 Å². The van der Waals surface area contributed by atoms with Crippen molar-refractivity contribution in [1.29, 1.82) is 0 Å². The van der Waals surface area contributed by atoms with Crippen LogP contribution in [0.5, 0.6) is 0 Å². The predicted molar refractivity (Wildman–Crippen MR) is 178 cm³/mol. The number of carbonyl (C=O) groups excluding carboxylic acids is 1. The number of carbonyl (C=O) groups is 1. The molecule has 4 rings (SSSR count). The molecule has 1 aliphatic rings. The predicted octanol–water partition coefficient (Wildman–Crippen LogP) is 8.46. The van der Waals surface area contributed by atoms with Crippen LogP contribution in [0.2, 0.25) is 0 Å². The molecule has 0 fully saturated rings. The second kappa shape index (κ2) is 13.7. The largest absolute Gasteiger partial charge is 0.298 e. The Bertz CT molecular complexity index is 1660. The summed E-state index contributed by atoms with van der Waals surface area (Å²) in [5.41, 5.74) is 7.27. The van der Waals surface area contributed by atoms with Gasteiger partial charge in [0, 0.05) is 5.56 Å². The number of allylic oxidation sites excluding steroid dienone is 1. The molecule has 43 heavy (non-hydrogen) atoms. The molecule has 3 aromatic rings. The monoisotopic (exact) mass is 622 g/mol. The minimum atomic E-state index is -3.16. The zero-order valence-electron chi connectivity index (χ0n) is 26.6. The molecule has 0 unspecified atom stereocenters. The molecular weight excluding hydrogens is 577 g/mol. The lowest BCUT2D eigenvalue weighted by molar-refractivity contribution is 0.112. The highest BCUT2D eigenvalue weighted by molar-refractivity contribution is 7.91. The van der Waals surface area contributed by atoms with Crippen LogP contribution in [0.25, 0.3) is 11.6 Å². The van der Waals surface area contributed by atoms with Gasteiger partial charge in [0.05, 0.1) is 21.3 Å². The summed E-state index contributed by atoms with van der Waals surface area (Å²) < 4.78 is 47.5. The molecule has 0 radical (unpaired) electrons. The van der Waals surface area contributed by atoms with Gasteiger partial charge in [-0.1, -0.05) is 90.1 Å². The van der Waals surface area contributed by atoms with Crippen LogP contribution in [0.15, 0.2) is 76.5 Å². The quantitative estimate of drug-likeness (QED) is 0.177. The Morgan fingerprint density at radius 1 is 0.674 bits per heavy atom. The molecular formula is C36H46O5S2. The van der Waals surface area contributed by atoms with Crippen molar-refractivity contribution in [3.05, 3.63) is 94.5 Å². The molecule has 3 aromatic carbocycles. The SMILES string of the molecule is CCCS(=O)(=O)c1ccc(/C=C(\C)c2ccc3c(c2)C(C)(C)CCC3(C)C)cc1.CCCS(=O)(=O)c1ccc(C=O)cc1. The molecule has 0 bridgehead atoms. The topological polar surface area (TPSA) is 85.3 Å². The summed E-state index contributed by atoms with van der Waals surface area (Å²) in [6.45, 7) is 15.2. The fourth-order valence-corrected chi connectivity index (χ4v) is 8.11. The zero-order chi connectivity index (χ0) is 32.1. The standard InChI is InChI=1S/C26H34O2S.C10H12O3S/c1-7-16-29(27,28)22-11-8-20(9-12-22)17-19(2)21-10-13-23-24(18-21)26(5,6)15-14-25(23,3)4;1-2-7-14(12,13)10-5-3-9(8-11)4-6-10/h8-13,17-18H,7,14-16H2,1-6H3;3-6,8H,2,7H2,1H3/b19-17+;. The summed E-state index contributed by atoms with van der Waals surface area (Å²) in [5, 5.41) is 0. The van der Waals surface area contributed by atoms with E-state index in [0.717, 1.165) is 5.56 Å². The molecule has 7 heteroatoms. The van der Waals surface area contributed by atoms with E-state index in [2.05, 4.69) is 58.9 Å². The maximum Gasteiger partial charge on any atom is 0.178 e. The van der Waals surface area contributed by atoms with Gasteiger partial charge in [-0.15, -0.1) is 0 Å². The van der Waals surface area contributed by atoms with Gasteiger partial charge in [-0.2, -0.15) is 0 Å². The maximum absolute atomic E-state index is 12.2. The normalized spacial score (nSPS) is 16.0.